The molecule has 0 rings (SSSR count). The van der Waals surface area contributed by atoms with Crippen molar-refractivity contribution in [3.63, 3.8) is 0 Å². The Hall–Kier alpha value is -1.95. The van der Waals surface area contributed by atoms with Gasteiger partial charge in [-0.1, -0.05) is 19.3 Å². The highest BCUT2D eigenvalue weighted by atomic mass is 16.7. The van der Waals surface area contributed by atoms with Crippen molar-refractivity contribution >= 4 is 18.0 Å². The molecule has 9 N–H and O–H groups in total. The molecule has 188 valence electrons. The van der Waals surface area contributed by atoms with E-state index >= 15 is 0 Å². The third-order valence-electron chi connectivity index (χ3n) is 4.93. The lowest BCUT2D eigenvalue weighted by Gasteiger charge is -2.24. The first-order chi connectivity index (χ1) is 15.4. The van der Waals surface area contributed by atoms with Crippen LogP contribution in [0.4, 0.5) is 4.79 Å². The molecule has 0 aliphatic rings. The van der Waals surface area contributed by atoms with Crippen LogP contribution >= 0.6 is 0 Å². The third kappa shape index (κ3) is 17.7. The van der Waals surface area contributed by atoms with E-state index in [0.29, 0.717) is 39.1 Å². The first-order valence-corrected chi connectivity index (χ1v) is 11.7. The summed E-state index contributed by atoms with van der Waals surface area (Å²) in [5, 5.41) is 14.7. The van der Waals surface area contributed by atoms with Crippen LogP contribution in [0.25, 0.3) is 0 Å². The lowest BCUT2D eigenvalue weighted by molar-refractivity contribution is -0.135. The summed E-state index contributed by atoms with van der Waals surface area (Å²) < 4.78 is 4.63. The van der Waals surface area contributed by atoms with Crippen LogP contribution in [0.2, 0.25) is 0 Å². The van der Waals surface area contributed by atoms with Gasteiger partial charge in [0.15, 0.2) is 0 Å². The van der Waals surface area contributed by atoms with Crippen molar-refractivity contribution < 1.29 is 24.2 Å². The van der Waals surface area contributed by atoms with Crippen molar-refractivity contribution in [2.45, 2.75) is 63.8 Å². The van der Waals surface area contributed by atoms with E-state index in [1.165, 1.54) is 4.90 Å². The van der Waals surface area contributed by atoms with Gasteiger partial charge in [-0.05, 0) is 64.7 Å². The molecule has 0 aliphatic carbocycles. The molecule has 0 heterocycles. The molecule has 0 aromatic carbocycles. The second kappa shape index (κ2) is 20.9. The molecule has 0 saturated carbocycles. The van der Waals surface area contributed by atoms with Gasteiger partial charge in [0.2, 0.25) is 11.8 Å². The molecular formula is C21H44N6O5. The Kier molecular flexibility index (Phi) is 19.7. The number of nitrogens with zero attached hydrogens (tertiary/aromatic N) is 1. The highest BCUT2D eigenvalue weighted by Gasteiger charge is 2.20. The van der Waals surface area contributed by atoms with Crippen LogP contribution in [0.3, 0.4) is 0 Å². The Labute approximate surface area is 191 Å². The first kappa shape index (κ1) is 30.0. The summed E-state index contributed by atoms with van der Waals surface area (Å²) >= 11 is 0. The van der Waals surface area contributed by atoms with Crippen molar-refractivity contribution in [1.82, 2.24) is 15.5 Å². The van der Waals surface area contributed by atoms with Gasteiger partial charge >= 0.3 is 6.16 Å². The number of ether oxygens (including phenoxy) is 1. The zero-order valence-electron chi connectivity index (χ0n) is 19.4. The van der Waals surface area contributed by atoms with Crippen molar-refractivity contribution in [3.8, 4) is 0 Å². The van der Waals surface area contributed by atoms with Gasteiger partial charge in [0.1, 0.15) is 6.61 Å². The Morgan fingerprint density at radius 2 is 1.50 bits per heavy atom. The topological polar surface area (TPSA) is 186 Å². The van der Waals surface area contributed by atoms with Crippen molar-refractivity contribution in [1.29, 1.82) is 0 Å². The summed E-state index contributed by atoms with van der Waals surface area (Å²) in [5.74, 6) is -0.486. The minimum absolute atomic E-state index is 0.0865. The molecule has 0 aromatic rings. The Morgan fingerprint density at radius 3 is 2.12 bits per heavy atom. The van der Waals surface area contributed by atoms with E-state index in [2.05, 4.69) is 15.4 Å². The number of nitrogens with one attached hydrogen (secondary N) is 2. The highest BCUT2D eigenvalue weighted by Crippen LogP contribution is 2.04. The Bertz CT molecular complexity index is 509. The number of carbonyl (C=O) groups is 3. The van der Waals surface area contributed by atoms with E-state index in [1.807, 2.05) is 0 Å². The van der Waals surface area contributed by atoms with E-state index in [4.69, 9.17) is 22.3 Å². The maximum Gasteiger partial charge on any atom is 0.505 e. The van der Waals surface area contributed by atoms with Gasteiger partial charge in [0.25, 0.3) is 0 Å². The highest BCUT2D eigenvalue weighted by molar-refractivity contribution is 5.85. The number of nitrogens with two attached hydrogens (primary N) is 3. The van der Waals surface area contributed by atoms with Crippen molar-refractivity contribution in [2.75, 3.05) is 52.4 Å². The fraction of sp³-hybridized carbons (Fsp3) is 0.857. The normalized spacial score (nSPS) is 11.7. The van der Waals surface area contributed by atoms with Crippen LogP contribution in [0.5, 0.6) is 0 Å². The van der Waals surface area contributed by atoms with E-state index in [0.717, 1.165) is 51.4 Å². The second-order valence-electron chi connectivity index (χ2n) is 7.82. The molecule has 0 radical (unpaired) electrons. The van der Waals surface area contributed by atoms with Crippen molar-refractivity contribution in [2.24, 2.45) is 17.2 Å². The molecule has 11 nitrogen and oxygen atoms in total. The zero-order chi connectivity index (χ0) is 24.0. The molecular weight excluding hydrogens is 416 g/mol. The molecule has 0 spiro atoms. The predicted molar refractivity (Wildman–Crippen MR) is 124 cm³/mol. The summed E-state index contributed by atoms with van der Waals surface area (Å²) in [6, 6.07) is -0.458. The maximum atomic E-state index is 12.7. The molecule has 0 fully saturated rings. The van der Waals surface area contributed by atoms with Gasteiger partial charge in [-0.15, -0.1) is 0 Å². The number of hydrogen-bond donors (Lipinski definition) is 6. The van der Waals surface area contributed by atoms with Gasteiger partial charge in [-0.25, -0.2) is 4.79 Å². The number of carbonyl (C=O) groups excluding carboxylic acids is 2. The van der Waals surface area contributed by atoms with E-state index in [-0.39, 0.29) is 31.5 Å². The smallest absolute Gasteiger partial charge is 0.450 e. The summed E-state index contributed by atoms with van der Waals surface area (Å²) in [6.07, 6.45) is 6.06. The lowest BCUT2D eigenvalue weighted by atomic mass is 10.1. The first-order valence-electron chi connectivity index (χ1n) is 11.7. The zero-order valence-corrected chi connectivity index (χ0v) is 19.4. The van der Waals surface area contributed by atoms with Gasteiger partial charge in [-0.2, -0.15) is 0 Å². The van der Waals surface area contributed by atoms with Gasteiger partial charge < -0.3 is 42.6 Å². The Morgan fingerprint density at radius 1 is 0.875 bits per heavy atom. The van der Waals surface area contributed by atoms with E-state index in [1.54, 1.807) is 0 Å². The molecule has 0 unspecified atom stereocenters. The average molecular weight is 461 g/mol. The van der Waals surface area contributed by atoms with Crippen LogP contribution in [0.1, 0.15) is 57.8 Å². The molecule has 0 saturated heterocycles. The van der Waals surface area contributed by atoms with Gasteiger partial charge in [-0.3, -0.25) is 9.59 Å². The quantitative estimate of drug-likeness (QED) is 0.101. The minimum Gasteiger partial charge on any atom is -0.450 e. The summed E-state index contributed by atoms with van der Waals surface area (Å²) in [4.78, 5) is 37.5. The molecule has 1 atom stereocenters. The minimum atomic E-state index is -1.39. The van der Waals surface area contributed by atoms with Crippen LogP contribution in [-0.4, -0.2) is 86.4 Å². The second-order valence-corrected chi connectivity index (χ2v) is 7.82. The third-order valence-corrected chi connectivity index (χ3v) is 4.93. The van der Waals surface area contributed by atoms with Gasteiger partial charge in [0, 0.05) is 6.54 Å². The lowest BCUT2D eigenvalue weighted by Crippen LogP contribution is -2.48. The maximum absolute atomic E-state index is 12.7. The predicted octanol–water partition coefficient (Wildman–Crippen LogP) is -0.0290. The fourth-order valence-electron chi connectivity index (χ4n) is 3.14. The summed E-state index contributed by atoms with van der Waals surface area (Å²) in [7, 11) is 0. The molecule has 0 aromatic heterocycles. The fourth-order valence-corrected chi connectivity index (χ4v) is 3.14. The number of rotatable bonds is 21. The van der Waals surface area contributed by atoms with E-state index < -0.39 is 12.2 Å². The average Bonchev–Trinajstić information content (AvgIpc) is 2.76. The van der Waals surface area contributed by atoms with Crippen LogP contribution in [0, 0.1) is 0 Å². The van der Waals surface area contributed by atoms with E-state index in [9.17, 15) is 14.4 Å². The van der Waals surface area contributed by atoms with Crippen LogP contribution < -0.4 is 27.8 Å². The molecule has 2 amide bonds. The number of amides is 2. The number of hydrogen-bond acceptors (Lipinski definition) is 8. The monoisotopic (exact) mass is 460 g/mol. The van der Waals surface area contributed by atoms with Gasteiger partial charge in [0.05, 0.1) is 19.1 Å². The largest absolute Gasteiger partial charge is 0.505 e. The SMILES string of the molecule is NCCCCCNCC(=O)N(CCCCCN)CC(=O)N[C@@H](CCCCN)COC(=O)O. The standard InChI is InChI=1S/C21H44N6O5/c22-10-4-1-7-13-25-15-20(29)27(14-8-2-5-11-23)16-19(28)26-18(9-3-6-12-24)17-32-21(30)31/h18,25H,1-17,22-24H2,(H,26,28)(H,30,31)/t18-/m0/s1. The number of carboxylic acid groups (broad SMARTS) is 1. The summed E-state index contributed by atoms with van der Waals surface area (Å²) in [6.45, 7) is 2.89. The number of unbranched alkanes of at least 4 members (excludes halogenated alkanes) is 5. The molecule has 0 aliphatic heterocycles. The molecule has 0 bridgehead atoms. The van der Waals surface area contributed by atoms with Crippen molar-refractivity contribution in [3.05, 3.63) is 0 Å². The van der Waals surface area contributed by atoms with Crippen LogP contribution in [-0.2, 0) is 14.3 Å². The molecule has 11 heteroatoms. The Balaban J connectivity index is 4.71. The molecule has 32 heavy (non-hydrogen) atoms. The van der Waals surface area contributed by atoms with Crippen LogP contribution in [0.15, 0.2) is 0 Å². The summed E-state index contributed by atoms with van der Waals surface area (Å²) in [5.41, 5.74) is 16.5.